The molecule has 0 heterocycles. The summed E-state index contributed by atoms with van der Waals surface area (Å²) in [5, 5.41) is 21.4. The summed E-state index contributed by atoms with van der Waals surface area (Å²) >= 11 is 3.09. The summed E-state index contributed by atoms with van der Waals surface area (Å²) in [6.45, 7) is 0.678. The van der Waals surface area contributed by atoms with Gasteiger partial charge in [-0.25, -0.2) is 4.39 Å². The van der Waals surface area contributed by atoms with E-state index in [-0.39, 0.29) is 22.1 Å². The van der Waals surface area contributed by atoms with E-state index in [0.29, 0.717) is 12.2 Å². The van der Waals surface area contributed by atoms with Gasteiger partial charge in [0.2, 0.25) is 0 Å². The van der Waals surface area contributed by atoms with Crippen molar-refractivity contribution in [1.29, 1.82) is 5.26 Å². The molecule has 1 aliphatic rings. The lowest BCUT2D eigenvalue weighted by Crippen LogP contribution is -2.30. The number of nitriles is 1. The number of nitrogens with zero attached hydrogens (tertiary/aromatic N) is 1. The van der Waals surface area contributed by atoms with Crippen LogP contribution < -0.4 is 5.32 Å². The minimum atomic E-state index is -0.454. The molecule has 1 aliphatic carbocycles. The topological polar surface area (TPSA) is 56.0 Å². The van der Waals surface area contributed by atoms with Crippen LogP contribution in [0, 0.1) is 22.6 Å². The number of anilines is 1. The summed E-state index contributed by atoms with van der Waals surface area (Å²) in [5.74, 6) is -0.454. The average molecular weight is 327 g/mol. The van der Waals surface area contributed by atoms with Gasteiger partial charge in [0.25, 0.3) is 0 Å². The zero-order valence-electron chi connectivity index (χ0n) is 10.5. The molecule has 1 saturated carbocycles. The Morgan fingerprint density at radius 3 is 2.68 bits per heavy atom. The van der Waals surface area contributed by atoms with Gasteiger partial charge in [-0.05, 0) is 40.9 Å². The van der Waals surface area contributed by atoms with Gasteiger partial charge in [-0.2, -0.15) is 5.26 Å². The molecule has 102 valence electrons. The van der Waals surface area contributed by atoms with E-state index in [1.54, 1.807) is 12.1 Å². The van der Waals surface area contributed by atoms with Gasteiger partial charge in [0.05, 0.1) is 22.3 Å². The highest BCUT2D eigenvalue weighted by atomic mass is 79.9. The lowest BCUT2D eigenvalue weighted by molar-refractivity contribution is 0.142. The number of benzene rings is 1. The van der Waals surface area contributed by atoms with Crippen LogP contribution in [0.3, 0.4) is 0 Å². The van der Waals surface area contributed by atoms with Crippen LogP contribution in [-0.2, 0) is 0 Å². The molecule has 19 heavy (non-hydrogen) atoms. The van der Waals surface area contributed by atoms with Crippen molar-refractivity contribution in [1.82, 2.24) is 0 Å². The summed E-state index contributed by atoms with van der Waals surface area (Å²) in [5.41, 5.74) is 0.513. The predicted octanol–water partition coefficient (Wildman–Crippen LogP) is 3.42. The highest BCUT2D eigenvalue weighted by Crippen LogP contribution is 2.38. The summed E-state index contributed by atoms with van der Waals surface area (Å²) in [7, 11) is 0. The fraction of sp³-hybridized carbons (Fsp3) is 0.500. The molecule has 2 rings (SSSR count). The van der Waals surface area contributed by atoms with Gasteiger partial charge in [-0.3, -0.25) is 0 Å². The zero-order valence-corrected chi connectivity index (χ0v) is 12.1. The first-order valence-electron chi connectivity index (χ1n) is 6.35. The van der Waals surface area contributed by atoms with Crippen LogP contribution in [-0.4, -0.2) is 18.3 Å². The Hall–Kier alpha value is -1.12. The first-order valence-corrected chi connectivity index (χ1v) is 7.14. The molecular formula is C14H16BrFN2O. The minimum Gasteiger partial charge on any atom is -0.396 e. The Morgan fingerprint density at radius 2 is 2.11 bits per heavy atom. The number of hydrogen-bond acceptors (Lipinski definition) is 3. The molecule has 3 nitrogen and oxygen atoms in total. The molecule has 1 aromatic rings. The molecule has 2 N–H and O–H groups in total. The quantitative estimate of drug-likeness (QED) is 0.891. The van der Waals surface area contributed by atoms with Gasteiger partial charge in [-0.15, -0.1) is 0 Å². The van der Waals surface area contributed by atoms with E-state index in [1.165, 1.54) is 0 Å². The van der Waals surface area contributed by atoms with Crippen LogP contribution in [0.4, 0.5) is 10.1 Å². The fourth-order valence-corrected chi connectivity index (χ4v) is 3.01. The molecule has 5 heteroatoms. The monoisotopic (exact) mass is 326 g/mol. The van der Waals surface area contributed by atoms with E-state index in [9.17, 15) is 9.50 Å². The molecule has 0 unspecified atom stereocenters. The van der Waals surface area contributed by atoms with Crippen molar-refractivity contribution in [3.63, 3.8) is 0 Å². The van der Waals surface area contributed by atoms with Crippen molar-refractivity contribution in [2.24, 2.45) is 5.41 Å². The van der Waals surface area contributed by atoms with Gasteiger partial charge < -0.3 is 10.4 Å². The molecule has 1 fully saturated rings. The predicted molar refractivity (Wildman–Crippen MR) is 75.3 cm³/mol. The third-order valence-corrected chi connectivity index (χ3v) is 4.63. The minimum absolute atomic E-state index is 0.124. The standard InChI is InChI=1S/C14H16BrFN2O/c15-12-10(7-17)3-4-11(13(12)16)18-8-14(9-19)5-1-2-6-14/h3-4,18-19H,1-2,5-6,8-9H2. The maximum Gasteiger partial charge on any atom is 0.161 e. The third kappa shape index (κ3) is 2.90. The molecule has 1 aromatic carbocycles. The maximum absolute atomic E-state index is 14.0. The van der Waals surface area contributed by atoms with Gasteiger partial charge in [0, 0.05) is 12.0 Å². The maximum atomic E-state index is 14.0. The smallest absolute Gasteiger partial charge is 0.161 e. The van der Waals surface area contributed by atoms with Crippen LogP contribution in [0.2, 0.25) is 0 Å². The second-order valence-corrected chi connectivity index (χ2v) is 5.91. The lowest BCUT2D eigenvalue weighted by Gasteiger charge is -2.27. The molecule has 0 radical (unpaired) electrons. The first-order chi connectivity index (χ1) is 9.12. The highest BCUT2D eigenvalue weighted by molar-refractivity contribution is 9.10. The first kappa shape index (κ1) is 14.3. The summed E-state index contributed by atoms with van der Waals surface area (Å²) in [6.07, 6.45) is 4.16. The van der Waals surface area contributed by atoms with Crippen LogP contribution in [0.1, 0.15) is 31.2 Å². The number of rotatable bonds is 4. The van der Waals surface area contributed by atoms with Crippen molar-refractivity contribution in [3.05, 3.63) is 28.0 Å². The molecule has 0 atom stereocenters. The molecule has 0 aromatic heterocycles. The second kappa shape index (κ2) is 5.89. The normalized spacial score (nSPS) is 17.2. The molecule has 0 saturated heterocycles. The number of halogens is 2. The molecule has 0 bridgehead atoms. The largest absolute Gasteiger partial charge is 0.396 e. The van der Waals surface area contributed by atoms with E-state index in [1.807, 2.05) is 6.07 Å². The zero-order chi connectivity index (χ0) is 13.9. The number of hydrogen-bond donors (Lipinski definition) is 2. The van der Waals surface area contributed by atoms with Crippen LogP contribution in [0.25, 0.3) is 0 Å². The Morgan fingerprint density at radius 1 is 1.42 bits per heavy atom. The Labute approximate surface area is 120 Å². The number of aliphatic hydroxyl groups is 1. The van der Waals surface area contributed by atoms with Crippen molar-refractivity contribution in [2.75, 3.05) is 18.5 Å². The highest BCUT2D eigenvalue weighted by Gasteiger charge is 2.33. The SMILES string of the molecule is N#Cc1ccc(NCC2(CO)CCCC2)c(F)c1Br. The van der Waals surface area contributed by atoms with Gasteiger partial charge in [0.1, 0.15) is 6.07 Å². The van der Waals surface area contributed by atoms with E-state index in [2.05, 4.69) is 21.2 Å². The lowest BCUT2D eigenvalue weighted by atomic mass is 9.87. The molecule has 0 amide bonds. The third-order valence-electron chi connectivity index (χ3n) is 3.86. The number of nitrogens with one attached hydrogen (secondary N) is 1. The fourth-order valence-electron chi connectivity index (χ4n) is 2.57. The van der Waals surface area contributed by atoms with E-state index >= 15 is 0 Å². The van der Waals surface area contributed by atoms with Crippen LogP contribution >= 0.6 is 15.9 Å². The summed E-state index contributed by atoms with van der Waals surface area (Å²) in [6, 6.07) is 5.07. The average Bonchev–Trinajstić information content (AvgIpc) is 2.90. The summed E-state index contributed by atoms with van der Waals surface area (Å²) < 4.78 is 14.2. The second-order valence-electron chi connectivity index (χ2n) is 5.12. The summed E-state index contributed by atoms with van der Waals surface area (Å²) in [4.78, 5) is 0. The van der Waals surface area contributed by atoms with E-state index in [0.717, 1.165) is 25.7 Å². The van der Waals surface area contributed by atoms with Crippen molar-refractivity contribution >= 4 is 21.6 Å². The molecule has 0 spiro atoms. The van der Waals surface area contributed by atoms with Gasteiger partial charge in [0.15, 0.2) is 5.82 Å². The molecule has 0 aliphatic heterocycles. The Kier molecular flexibility index (Phi) is 4.43. The van der Waals surface area contributed by atoms with Gasteiger partial charge in [-0.1, -0.05) is 12.8 Å². The molecular weight excluding hydrogens is 311 g/mol. The van der Waals surface area contributed by atoms with Gasteiger partial charge >= 0.3 is 0 Å². The Balaban J connectivity index is 2.12. The van der Waals surface area contributed by atoms with Crippen molar-refractivity contribution < 1.29 is 9.50 Å². The van der Waals surface area contributed by atoms with Crippen LogP contribution in [0.15, 0.2) is 16.6 Å². The Bertz CT molecular complexity index is 507. The van der Waals surface area contributed by atoms with E-state index < -0.39 is 5.82 Å². The number of aliphatic hydroxyl groups excluding tert-OH is 1. The van der Waals surface area contributed by atoms with Crippen molar-refractivity contribution in [2.45, 2.75) is 25.7 Å². The van der Waals surface area contributed by atoms with Crippen molar-refractivity contribution in [3.8, 4) is 6.07 Å². The van der Waals surface area contributed by atoms with Crippen LogP contribution in [0.5, 0.6) is 0 Å². The van der Waals surface area contributed by atoms with E-state index in [4.69, 9.17) is 5.26 Å².